The molecule has 3 heteroatoms. The third kappa shape index (κ3) is 3.78. The van der Waals surface area contributed by atoms with Gasteiger partial charge >= 0.3 is 0 Å². The first-order valence-corrected chi connectivity index (χ1v) is 8.04. The van der Waals surface area contributed by atoms with Crippen molar-refractivity contribution in [1.29, 1.82) is 0 Å². The van der Waals surface area contributed by atoms with Crippen LogP contribution in [0.15, 0.2) is 24.3 Å². The minimum Gasteiger partial charge on any atom is -0.491 e. The molecule has 0 spiro atoms. The van der Waals surface area contributed by atoms with Gasteiger partial charge in [0.25, 0.3) is 0 Å². The predicted molar refractivity (Wildman–Crippen MR) is 86.5 cm³/mol. The topological polar surface area (TPSA) is 44.5 Å². The van der Waals surface area contributed by atoms with Gasteiger partial charge in [0.15, 0.2) is 0 Å². The third-order valence-corrected chi connectivity index (χ3v) is 4.58. The summed E-state index contributed by atoms with van der Waals surface area (Å²) in [6.45, 7) is 6.35. The lowest BCUT2D eigenvalue weighted by atomic mass is 9.73. The fraction of sp³-hybridized carbons (Fsp3) is 0.667. The van der Waals surface area contributed by atoms with Crippen LogP contribution in [0, 0.1) is 5.92 Å². The van der Waals surface area contributed by atoms with Gasteiger partial charge in [-0.05, 0) is 50.3 Å². The van der Waals surface area contributed by atoms with Crippen molar-refractivity contribution >= 4 is 0 Å². The maximum absolute atomic E-state index is 6.56. The lowest BCUT2D eigenvalue weighted by Crippen LogP contribution is -2.46. The van der Waals surface area contributed by atoms with Crippen molar-refractivity contribution < 1.29 is 9.47 Å². The fourth-order valence-electron chi connectivity index (χ4n) is 3.47. The molecule has 1 aliphatic rings. The van der Waals surface area contributed by atoms with E-state index in [0.29, 0.717) is 5.92 Å². The van der Waals surface area contributed by atoms with Crippen LogP contribution in [0.2, 0.25) is 0 Å². The number of nitrogens with two attached hydrogens (primary N) is 1. The molecule has 0 aliphatic heterocycles. The maximum atomic E-state index is 6.56. The summed E-state index contributed by atoms with van der Waals surface area (Å²) >= 11 is 0. The van der Waals surface area contributed by atoms with E-state index in [1.54, 1.807) is 7.11 Å². The monoisotopic (exact) mass is 291 g/mol. The summed E-state index contributed by atoms with van der Waals surface area (Å²) in [6, 6.07) is 8.07. The molecule has 3 nitrogen and oxygen atoms in total. The maximum Gasteiger partial charge on any atom is 0.119 e. The molecule has 1 aromatic carbocycles. The van der Waals surface area contributed by atoms with Crippen LogP contribution in [-0.4, -0.2) is 18.8 Å². The third-order valence-electron chi connectivity index (χ3n) is 4.58. The Bertz CT molecular complexity index is 443. The Morgan fingerprint density at radius 3 is 2.43 bits per heavy atom. The smallest absolute Gasteiger partial charge is 0.119 e. The Morgan fingerprint density at radius 2 is 1.90 bits per heavy atom. The molecule has 0 heterocycles. The van der Waals surface area contributed by atoms with E-state index in [4.69, 9.17) is 15.2 Å². The van der Waals surface area contributed by atoms with Gasteiger partial charge in [-0.1, -0.05) is 31.9 Å². The zero-order valence-electron chi connectivity index (χ0n) is 13.8. The van der Waals surface area contributed by atoms with E-state index in [1.165, 1.54) is 12.8 Å². The largest absolute Gasteiger partial charge is 0.491 e. The van der Waals surface area contributed by atoms with E-state index in [9.17, 15) is 0 Å². The minimum absolute atomic E-state index is 0.0849. The molecule has 1 aromatic rings. The van der Waals surface area contributed by atoms with E-state index in [0.717, 1.165) is 24.2 Å². The van der Waals surface area contributed by atoms with Crippen LogP contribution in [-0.2, 0) is 4.74 Å². The quantitative estimate of drug-likeness (QED) is 0.889. The summed E-state index contributed by atoms with van der Waals surface area (Å²) < 4.78 is 11.6. The molecule has 21 heavy (non-hydrogen) atoms. The van der Waals surface area contributed by atoms with E-state index < -0.39 is 0 Å². The standard InChI is InChI=1S/C18H29NO2/c1-13(2)21-16-9-7-15(8-10-16)17(19)18(20-4)11-5-6-14(3)12-18/h7-10,13-14,17H,5-6,11-12,19H2,1-4H3. The van der Waals surface area contributed by atoms with Crippen LogP contribution >= 0.6 is 0 Å². The molecule has 1 saturated carbocycles. The van der Waals surface area contributed by atoms with Gasteiger partial charge in [0, 0.05) is 7.11 Å². The summed E-state index contributed by atoms with van der Waals surface area (Å²) in [5, 5.41) is 0. The van der Waals surface area contributed by atoms with Crippen molar-refractivity contribution in [2.75, 3.05) is 7.11 Å². The highest BCUT2D eigenvalue weighted by atomic mass is 16.5. The van der Waals surface area contributed by atoms with Crippen LogP contribution in [0.5, 0.6) is 5.75 Å². The summed E-state index contributed by atoms with van der Waals surface area (Å²) in [5.41, 5.74) is 7.47. The second-order valence-electron chi connectivity index (χ2n) is 6.68. The van der Waals surface area contributed by atoms with Crippen LogP contribution in [0.4, 0.5) is 0 Å². The van der Waals surface area contributed by atoms with Crippen molar-refractivity contribution in [3.05, 3.63) is 29.8 Å². The molecular formula is C18H29NO2. The van der Waals surface area contributed by atoms with Gasteiger partial charge in [-0.25, -0.2) is 0 Å². The van der Waals surface area contributed by atoms with Gasteiger partial charge in [0.1, 0.15) is 5.75 Å². The molecule has 0 radical (unpaired) electrons. The summed E-state index contributed by atoms with van der Waals surface area (Å²) in [5.74, 6) is 1.57. The highest BCUT2D eigenvalue weighted by Crippen LogP contribution is 2.42. The zero-order valence-corrected chi connectivity index (χ0v) is 13.8. The molecule has 3 atom stereocenters. The average Bonchev–Trinajstić information content (AvgIpc) is 2.46. The first-order valence-electron chi connectivity index (χ1n) is 8.04. The fourth-order valence-corrected chi connectivity index (χ4v) is 3.47. The van der Waals surface area contributed by atoms with E-state index in [1.807, 2.05) is 26.0 Å². The highest BCUT2D eigenvalue weighted by molar-refractivity contribution is 5.31. The second kappa shape index (κ2) is 6.80. The molecule has 118 valence electrons. The van der Waals surface area contributed by atoms with E-state index >= 15 is 0 Å². The first-order chi connectivity index (χ1) is 9.97. The van der Waals surface area contributed by atoms with E-state index in [2.05, 4.69) is 19.1 Å². The van der Waals surface area contributed by atoms with Gasteiger partial charge in [-0.3, -0.25) is 0 Å². The van der Waals surface area contributed by atoms with Gasteiger partial charge in [0.05, 0.1) is 17.7 Å². The van der Waals surface area contributed by atoms with Gasteiger partial charge in [-0.15, -0.1) is 0 Å². The number of methoxy groups -OCH3 is 1. The number of rotatable bonds is 5. The predicted octanol–water partition coefficient (Wildman–Crippen LogP) is 4.07. The lowest BCUT2D eigenvalue weighted by Gasteiger charge is -2.43. The molecule has 0 bridgehead atoms. The van der Waals surface area contributed by atoms with Crippen molar-refractivity contribution in [2.24, 2.45) is 11.7 Å². The van der Waals surface area contributed by atoms with Gasteiger partial charge in [-0.2, -0.15) is 0 Å². The SMILES string of the molecule is COC1(C(N)c2ccc(OC(C)C)cc2)CCCC(C)C1. The Morgan fingerprint density at radius 1 is 1.24 bits per heavy atom. The Balaban J connectivity index is 2.15. The normalized spacial score (nSPS) is 27.6. The van der Waals surface area contributed by atoms with Crippen LogP contribution in [0.3, 0.4) is 0 Å². The number of ether oxygens (including phenoxy) is 2. The number of benzene rings is 1. The Kier molecular flexibility index (Phi) is 5.28. The molecule has 3 unspecified atom stereocenters. The highest BCUT2D eigenvalue weighted by Gasteiger charge is 2.41. The molecule has 0 aromatic heterocycles. The molecule has 2 N–H and O–H groups in total. The summed E-state index contributed by atoms with van der Waals surface area (Å²) in [4.78, 5) is 0. The van der Waals surface area contributed by atoms with Gasteiger partial charge in [0.2, 0.25) is 0 Å². The van der Waals surface area contributed by atoms with E-state index in [-0.39, 0.29) is 17.7 Å². The van der Waals surface area contributed by atoms with Gasteiger partial charge < -0.3 is 15.2 Å². The molecule has 1 fully saturated rings. The van der Waals surface area contributed by atoms with Crippen molar-refractivity contribution in [3.63, 3.8) is 0 Å². The lowest BCUT2D eigenvalue weighted by molar-refractivity contribution is -0.0718. The first kappa shape index (κ1) is 16.3. The Hall–Kier alpha value is -1.06. The molecule has 2 rings (SSSR count). The van der Waals surface area contributed by atoms with Crippen LogP contribution < -0.4 is 10.5 Å². The van der Waals surface area contributed by atoms with Crippen LogP contribution in [0.1, 0.15) is 58.1 Å². The van der Waals surface area contributed by atoms with Crippen molar-refractivity contribution in [2.45, 2.75) is 64.2 Å². The second-order valence-corrected chi connectivity index (χ2v) is 6.68. The van der Waals surface area contributed by atoms with Crippen molar-refractivity contribution in [1.82, 2.24) is 0 Å². The molecule has 0 saturated heterocycles. The summed E-state index contributed by atoms with van der Waals surface area (Å²) in [6.07, 6.45) is 4.73. The summed E-state index contributed by atoms with van der Waals surface area (Å²) in [7, 11) is 1.80. The Labute approximate surface area is 128 Å². The minimum atomic E-state index is -0.224. The molecular weight excluding hydrogens is 262 g/mol. The average molecular weight is 291 g/mol. The number of hydrogen-bond donors (Lipinski definition) is 1. The molecule has 1 aliphatic carbocycles. The number of hydrogen-bond acceptors (Lipinski definition) is 3. The zero-order chi connectivity index (χ0) is 15.5. The van der Waals surface area contributed by atoms with Crippen LogP contribution in [0.25, 0.3) is 0 Å². The van der Waals surface area contributed by atoms with Crippen molar-refractivity contribution in [3.8, 4) is 5.75 Å². The molecule has 0 amide bonds.